The molecule has 1 aromatic carbocycles. The van der Waals surface area contributed by atoms with Gasteiger partial charge < -0.3 is 9.64 Å². The van der Waals surface area contributed by atoms with Crippen LogP contribution in [0.4, 0.5) is 5.82 Å². The van der Waals surface area contributed by atoms with Crippen LogP contribution >= 0.6 is 11.6 Å². The third kappa shape index (κ3) is 3.74. The minimum Gasteiger partial charge on any atom is -0.495 e. The Morgan fingerprint density at radius 3 is 2.37 bits per heavy atom. The summed E-state index contributed by atoms with van der Waals surface area (Å²) in [7, 11) is -2.10. The molecule has 7 nitrogen and oxygen atoms in total. The number of hydrogen-bond donors (Lipinski definition) is 0. The molecule has 144 valence electrons. The first-order chi connectivity index (χ1) is 13.0. The third-order valence-electron chi connectivity index (χ3n) is 4.99. The predicted molar refractivity (Wildman–Crippen MR) is 103 cm³/mol. The molecule has 1 saturated carbocycles. The average molecular weight is 409 g/mol. The lowest BCUT2D eigenvalue weighted by molar-refractivity contribution is 0.383. The standard InChI is InChI=1S/C18H21ClN4O3S/c1-26-17-6-4-14(12-15(17)19)27(24,25)23-10-8-22(9-11-23)18-7-5-16(20-21-18)13-2-3-13/h4-7,12-13H,2-3,8-11H2,1H3. The van der Waals surface area contributed by atoms with E-state index in [4.69, 9.17) is 16.3 Å². The smallest absolute Gasteiger partial charge is 0.243 e. The highest BCUT2D eigenvalue weighted by Gasteiger charge is 2.30. The van der Waals surface area contributed by atoms with Gasteiger partial charge >= 0.3 is 0 Å². The Kier molecular flexibility index (Phi) is 4.96. The van der Waals surface area contributed by atoms with Gasteiger partial charge in [-0.05, 0) is 43.2 Å². The molecule has 27 heavy (non-hydrogen) atoms. The number of methoxy groups -OCH3 is 1. The van der Waals surface area contributed by atoms with Crippen LogP contribution in [0.2, 0.25) is 5.02 Å². The second kappa shape index (κ2) is 7.26. The fourth-order valence-corrected chi connectivity index (χ4v) is 4.99. The van der Waals surface area contributed by atoms with Crippen molar-refractivity contribution in [1.29, 1.82) is 0 Å². The van der Waals surface area contributed by atoms with Crippen LogP contribution < -0.4 is 9.64 Å². The Morgan fingerprint density at radius 2 is 1.81 bits per heavy atom. The van der Waals surface area contributed by atoms with E-state index >= 15 is 0 Å². The van der Waals surface area contributed by atoms with Crippen molar-refractivity contribution in [2.75, 3.05) is 38.2 Å². The molecule has 0 bridgehead atoms. The Morgan fingerprint density at radius 1 is 1.07 bits per heavy atom. The van der Waals surface area contributed by atoms with Crippen LogP contribution in [0.25, 0.3) is 0 Å². The first kappa shape index (κ1) is 18.5. The molecule has 0 N–H and O–H groups in total. The minimum atomic E-state index is -3.59. The Balaban J connectivity index is 1.44. The van der Waals surface area contributed by atoms with E-state index in [2.05, 4.69) is 15.1 Å². The zero-order valence-electron chi connectivity index (χ0n) is 15.0. The topological polar surface area (TPSA) is 75.6 Å². The van der Waals surface area contributed by atoms with Crippen molar-refractivity contribution in [1.82, 2.24) is 14.5 Å². The summed E-state index contributed by atoms with van der Waals surface area (Å²) in [6.45, 7) is 1.91. The van der Waals surface area contributed by atoms with Gasteiger partial charge in [0.15, 0.2) is 5.82 Å². The van der Waals surface area contributed by atoms with Gasteiger partial charge in [-0.2, -0.15) is 9.40 Å². The summed E-state index contributed by atoms with van der Waals surface area (Å²) >= 11 is 6.09. The molecule has 0 atom stereocenters. The zero-order valence-corrected chi connectivity index (χ0v) is 16.6. The fourth-order valence-electron chi connectivity index (χ4n) is 3.22. The van der Waals surface area contributed by atoms with Gasteiger partial charge in [0.05, 0.1) is 22.7 Å². The number of hydrogen-bond acceptors (Lipinski definition) is 6. The molecule has 1 aliphatic heterocycles. The molecule has 2 fully saturated rings. The summed E-state index contributed by atoms with van der Waals surface area (Å²) in [6.07, 6.45) is 2.39. The summed E-state index contributed by atoms with van der Waals surface area (Å²) in [4.78, 5) is 2.24. The molecule has 2 aliphatic rings. The Labute approximate surface area is 164 Å². The van der Waals surface area contributed by atoms with Gasteiger partial charge in [0.25, 0.3) is 0 Å². The van der Waals surface area contributed by atoms with Gasteiger partial charge in [0.2, 0.25) is 10.0 Å². The van der Waals surface area contributed by atoms with Crippen LogP contribution in [-0.2, 0) is 10.0 Å². The molecule has 2 aromatic rings. The fraction of sp³-hybridized carbons (Fsp3) is 0.444. The number of nitrogens with zero attached hydrogens (tertiary/aromatic N) is 4. The van der Waals surface area contributed by atoms with E-state index in [0.29, 0.717) is 37.8 Å². The first-order valence-corrected chi connectivity index (χ1v) is 10.7. The Bertz CT molecular complexity index is 924. The van der Waals surface area contributed by atoms with Gasteiger partial charge in [-0.15, -0.1) is 5.10 Å². The number of ether oxygens (including phenoxy) is 1. The second-order valence-electron chi connectivity index (χ2n) is 6.78. The van der Waals surface area contributed by atoms with Crippen molar-refractivity contribution in [3.05, 3.63) is 41.0 Å². The predicted octanol–water partition coefficient (Wildman–Crippen LogP) is 2.53. The molecule has 4 rings (SSSR count). The Hall–Kier alpha value is -1.90. The van der Waals surface area contributed by atoms with Gasteiger partial charge in [0.1, 0.15) is 5.75 Å². The van der Waals surface area contributed by atoms with Crippen molar-refractivity contribution in [3.63, 3.8) is 0 Å². The van der Waals surface area contributed by atoms with Crippen molar-refractivity contribution in [3.8, 4) is 5.75 Å². The highest BCUT2D eigenvalue weighted by molar-refractivity contribution is 7.89. The highest BCUT2D eigenvalue weighted by Crippen LogP contribution is 2.38. The summed E-state index contributed by atoms with van der Waals surface area (Å²) in [5.74, 6) is 1.82. The largest absolute Gasteiger partial charge is 0.495 e. The van der Waals surface area contributed by atoms with E-state index in [1.807, 2.05) is 12.1 Å². The monoisotopic (exact) mass is 408 g/mol. The lowest BCUT2D eigenvalue weighted by Crippen LogP contribution is -2.49. The number of anilines is 1. The lowest BCUT2D eigenvalue weighted by atomic mass is 10.2. The maximum Gasteiger partial charge on any atom is 0.243 e. The number of aromatic nitrogens is 2. The summed E-state index contributed by atoms with van der Waals surface area (Å²) in [5, 5.41) is 8.90. The lowest BCUT2D eigenvalue weighted by Gasteiger charge is -2.34. The average Bonchev–Trinajstić information content (AvgIpc) is 3.53. The van der Waals surface area contributed by atoms with E-state index in [1.54, 1.807) is 6.07 Å². The van der Waals surface area contributed by atoms with E-state index in [-0.39, 0.29) is 9.92 Å². The maximum absolute atomic E-state index is 12.9. The molecular weight excluding hydrogens is 388 g/mol. The molecule has 0 unspecified atom stereocenters. The maximum atomic E-state index is 12.9. The number of rotatable bonds is 5. The quantitative estimate of drug-likeness (QED) is 0.756. The number of piperazine rings is 1. The number of benzene rings is 1. The molecule has 9 heteroatoms. The van der Waals surface area contributed by atoms with Crippen molar-refractivity contribution in [2.45, 2.75) is 23.7 Å². The van der Waals surface area contributed by atoms with Crippen molar-refractivity contribution in [2.24, 2.45) is 0 Å². The molecule has 1 aromatic heterocycles. The van der Waals surface area contributed by atoms with Crippen LogP contribution in [0, 0.1) is 0 Å². The molecular formula is C18H21ClN4O3S. The first-order valence-electron chi connectivity index (χ1n) is 8.91. The van der Waals surface area contributed by atoms with Crippen LogP contribution in [0.5, 0.6) is 5.75 Å². The molecule has 1 saturated heterocycles. The summed E-state index contributed by atoms with van der Waals surface area (Å²) in [5.41, 5.74) is 1.05. The van der Waals surface area contributed by atoms with Gasteiger partial charge in [-0.3, -0.25) is 0 Å². The molecule has 2 heterocycles. The van der Waals surface area contributed by atoms with Gasteiger partial charge in [-0.1, -0.05) is 11.6 Å². The minimum absolute atomic E-state index is 0.176. The molecule has 0 spiro atoms. The second-order valence-corrected chi connectivity index (χ2v) is 9.12. The van der Waals surface area contributed by atoms with E-state index in [9.17, 15) is 8.42 Å². The van der Waals surface area contributed by atoms with Gasteiger partial charge in [-0.25, -0.2) is 8.42 Å². The number of sulfonamides is 1. The van der Waals surface area contributed by atoms with Gasteiger partial charge in [0, 0.05) is 32.1 Å². The normalized spacial score (nSPS) is 18.5. The number of halogens is 1. The van der Waals surface area contributed by atoms with Crippen LogP contribution in [-0.4, -0.2) is 56.2 Å². The summed E-state index contributed by atoms with van der Waals surface area (Å²) < 4.78 is 32.3. The van der Waals surface area contributed by atoms with Crippen LogP contribution in [0.3, 0.4) is 0 Å². The molecule has 1 aliphatic carbocycles. The van der Waals surface area contributed by atoms with E-state index in [1.165, 1.54) is 36.4 Å². The van der Waals surface area contributed by atoms with Crippen LogP contribution in [0.1, 0.15) is 24.5 Å². The van der Waals surface area contributed by atoms with E-state index in [0.717, 1.165) is 11.5 Å². The zero-order chi connectivity index (χ0) is 19.0. The van der Waals surface area contributed by atoms with E-state index < -0.39 is 10.0 Å². The molecule has 0 amide bonds. The van der Waals surface area contributed by atoms with Crippen molar-refractivity contribution < 1.29 is 13.2 Å². The van der Waals surface area contributed by atoms with Crippen molar-refractivity contribution >= 4 is 27.4 Å². The van der Waals surface area contributed by atoms with Crippen LogP contribution in [0.15, 0.2) is 35.2 Å². The summed E-state index contributed by atoms with van der Waals surface area (Å²) in [6, 6.07) is 8.54. The SMILES string of the molecule is COc1ccc(S(=O)(=O)N2CCN(c3ccc(C4CC4)nn3)CC2)cc1Cl. The molecule has 0 radical (unpaired) electrons. The third-order valence-corrected chi connectivity index (χ3v) is 7.18. The highest BCUT2D eigenvalue weighted by atomic mass is 35.5.